The molecule has 30 heavy (non-hydrogen) atoms. The molecule has 1 N–H and O–H groups in total. The maximum atomic E-state index is 13.0. The topological polar surface area (TPSA) is 123 Å². The number of nitrogens with one attached hydrogen (secondary N) is 1. The SMILES string of the molecule is O=C(CN1C(=O)c2ccc([N+](=O)[O-])cc2C1=O)Nc1nc(-c2ccc(F)cc2)cs1. The first-order valence-corrected chi connectivity index (χ1v) is 9.37. The van der Waals surface area contributed by atoms with Gasteiger partial charge in [0, 0.05) is 23.1 Å². The van der Waals surface area contributed by atoms with Crippen LogP contribution < -0.4 is 5.32 Å². The predicted molar refractivity (Wildman–Crippen MR) is 105 cm³/mol. The Kier molecular flexibility index (Phi) is 4.80. The second-order valence-corrected chi connectivity index (χ2v) is 7.13. The summed E-state index contributed by atoms with van der Waals surface area (Å²) >= 11 is 1.13. The number of anilines is 1. The molecule has 2 heterocycles. The highest BCUT2D eigenvalue weighted by molar-refractivity contribution is 7.14. The molecule has 1 aromatic heterocycles. The summed E-state index contributed by atoms with van der Waals surface area (Å²) in [6.45, 7) is -0.564. The number of carbonyl (C=O) groups is 3. The highest BCUT2D eigenvalue weighted by Crippen LogP contribution is 2.28. The van der Waals surface area contributed by atoms with Gasteiger partial charge < -0.3 is 5.32 Å². The number of hydrogen-bond donors (Lipinski definition) is 1. The van der Waals surface area contributed by atoms with E-state index >= 15 is 0 Å². The van der Waals surface area contributed by atoms with E-state index in [1.165, 1.54) is 18.2 Å². The molecule has 9 nitrogen and oxygen atoms in total. The monoisotopic (exact) mass is 426 g/mol. The molecular formula is C19H11FN4O5S. The van der Waals surface area contributed by atoms with Gasteiger partial charge in [0.2, 0.25) is 5.91 Å². The molecule has 0 fully saturated rings. The van der Waals surface area contributed by atoms with Crippen molar-refractivity contribution in [3.05, 3.63) is 74.9 Å². The Morgan fingerprint density at radius 1 is 1.13 bits per heavy atom. The number of rotatable bonds is 5. The van der Waals surface area contributed by atoms with Crippen LogP contribution in [0.15, 0.2) is 47.8 Å². The average Bonchev–Trinajstić information content (AvgIpc) is 3.27. The average molecular weight is 426 g/mol. The molecule has 3 aromatic rings. The van der Waals surface area contributed by atoms with Crippen molar-refractivity contribution >= 4 is 39.9 Å². The minimum absolute atomic E-state index is 0.00578. The number of aromatic nitrogens is 1. The van der Waals surface area contributed by atoms with Crippen LogP contribution in [0, 0.1) is 15.9 Å². The molecule has 0 unspecified atom stereocenters. The molecule has 0 bridgehead atoms. The number of nitro benzene ring substituents is 1. The number of nitro groups is 1. The summed E-state index contributed by atoms with van der Waals surface area (Å²) in [6, 6.07) is 9.02. The third kappa shape index (κ3) is 3.53. The number of carbonyl (C=O) groups excluding carboxylic acids is 3. The number of imide groups is 1. The van der Waals surface area contributed by atoms with Gasteiger partial charge in [-0.3, -0.25) is 29.4 Å². The molecule has 0 saturated heterocycles. The van der Waals surface area contributed by atoms with E-state index in [-0.39, 0.29) is 27.8 Å². The highest BCUT2D eigenvalue weighted by Gasteiger charge is 2.37. The molecule has 150 valence electrons. The van der Waals surface area contributed by atoms with Gasteiger partial charge in [-0.25, -0.2) is 9.37 Å². The van der Waals surface area contributed by atoms with E-state index < -0.39 is 29.2 Å². The molecule has 0 radical (unpaired) electrons. The lowest BCUT2D eigenvalue weighted by Crippen LogP contribution is -2.37. The minimum atomic E-state index is -0.778. The molecule has 1 aliphatic rings. The maximum absolute atomic E-state index is 13.0. The van der Waals surface area contributed by atoms with Crippen LogP contribution in [0.2, 0.25) is 0 Å². The van der Waals surface area contributed by atoms with E-state index in [2.05, 4.69) is 10.3 Å². The molecule has 0 atom stereocenters. The molecule has 3 amide bonds. The molecule has 0 aliphatic carbocycles. The summed E-state index contributed by atoms with van der Waals surface area (Å²) in [5, 5.41) is 15.3. The number of thiazole rings is 1. The quantitative estimate of drug-likeness (QED) is 0.380. The maximum Gasteiger partial charge on any atom is 0.270 e. The van der Waals surface area contributed by atoms with E-state index in [0.29, 0.717) is 11.3 Å². The van der Waals surface area contributed by atoms with Crippen molar-refractivity contribution in [2.75, 3.05) is 11.9 Å². The Morgan fingerprint density at radius 2 is 1.83 bits per heavy atom. The van der Waals surface area contributed by atoms with Crippen LogP contribution in [-0.4, -0.2) is 39.1 Å². The van der Waals surface area contributed by atoms with Crippen LogP contribution in [0.25, 0.3) is 11.3 Å². The predicted octanol–water partition coefficient (Wildman–Crippen LogP) is 3.09. The van der Waals surface area contributed by atoms with E-state index in [4.69, 9.17) is 0 Å². The van der Waals surface area contributed by atoms with Crippen molar-refractivity contribution in [1.82, 2.24) is 9.88 Å². The summed E-state index contributed by atoms with van der Waals surface area (Å²) < 4.78 is 13.0. The molecule has 1 aliphatic heterocycles. The Bertz CT molecular complexity index is 1210. The zero-order valence-corrected chi connectivity index (χ0v) is 15.8. The normalized spacial score (nSPS) is 12.8. The molecule has 2 aromatic carbocycles. The number of nitrogens with zero attached hydrogens (tertiary/aromatic N) is 3. The number of amides is 3. The zero-order chi connectivity index (χ0) is 21.4. The number of hydrogen-bond acceptors (Lipinski definition) is 7. The van der Waals surface area contributed by atoms with Crippen molar-refractivity contribution in [1.29, 1.82) is 0 Å². The second kappa shape index (κ2) is 7.44. The first-order valence-electron chi connectivity index (χ1n) is 8.49. The van der Waals surface area contributed by atoms with Crippen molar-refractivity contribution in [2.45, 2.75) is 0 Å². The molecule has 11 heteroatoms. The number of non-ortho nitro benzene ring substituents is 1. The van der Waals surface area contributed by atoms with Gasteiger partial charge in [0.1, 0.15) is 12.4 Å². The molecular weight excluding hydrogens is 415 g/mol. The standard InChI is InChI=1S/C19H11FN4O5S/c20-11-3-1-10(2-4-11)15-9-30-19(21-15)22-16(25)8-23-17(26)13-6-5-12(24(28)29)7-14(13)18(23)27/h1-7,9H,8H2,(H,21,22,25). The first kappa shape index (κ1) is 19.3. The van der Waals surface area contributed by atoms with Crippen LogP contribution in [0.3, 0.4) is 0 Å². The summed E-state index contributed by atoms with van der Waals surface area (Å²) in [5.74, 6) is -2.51. The number of fused-ring (bicyclic) bond motifs is 1. The highest BCUT2D eigenvalue weighted by atomic mass is 32.1. The zero-order valence-electron chi connectivity index (χ0n) is 15.0. The fourth-order valence-corrected chi connectivity index (χ4v) is 3.66. The van der Waals surface area contributed by atoms with Gasteiger partial charge in [-0.15, -0.1) is 11.3 Å². The van der Waals surface area contributed by atoms with Crippen LogP contribution in [0.1, 0.15) is 20.7 Å². The van der Waals surface area contributed by atoms with Gasteiger partial charge in [-0.05, 0) is 30.3 Å². The number of benzene rings is 2. The Hall–Kier alpha value is -3.99. The van der Waals surface area contributed by atoms with Crippen LogP contribution in [0.5, 0.6) is 0 Å². The Labute approximate surface area is 171 Å². The van der Waals surface area contributed by atoms with E-state index in [1.807, 2.05) is 0 Å². The molecule has 0 saturated carbocycles. The summed E-state index contributed by atoms with van der Waals surface area (Å²) in [7, 11) is 0. The van der Waals surface area contributed by atoms with Crippen molar-refractivity contribution in [3.63, 3.8) is 0 Å². The van der Waals surface area contributed by atoms with Gasteiger partial charge in [0.05, 0.1) is 21.7 Å². The van der Waals surface area contributed by atoms with E-state index in [1.54, 1.807) is 17.5 Å². The lowest BCUT2D eigenvalue weighted by molar-refractivity contribution is -0.384. The van der Waals surface area contributed by atoms with E-state index in [9.17, 15) is 28.9 Å². The van der Waals surface area contributed by atoms with Gasteiger partial charge in [-0.1, -0.05) is 0 Å². The van der Waals surface area contributed by atoms with Gasteiger partial charge in [-0.2, -0.15) is 0 Å². The van der Waals surface area contributed by atoms with Crippen LogP contribution in [0.4, 0.5) is 15.2 Å². The fourth-order valence-electron chi connectivity index (χ4n) is 2.92. The van der Waals surface area contributed by atoms with Gasteiger partial charge in [0.15, 0.2) is 5.13 Å². The van der Waals surface area contributed by atoms with Gasteiger partial charge >= 0.3 is 0 Å². The third-order valence-corrected chi connectivity index (χ3v) is 5.12. The lowest BCUT2D eigenvalue weighted by Gasteiger charge is -2.12. The van der Waals surface area contributed by atoms with Crippen molar-refractivity contribution < 1.29 is 23.7 Å². The minimum Gasteiger partial charge on any atom is -0.300 e. The summed E-state index contributed by atoms with van der Waals surface area (Å²) in [6.07, 6.45) is 0. The lowest BCUT2D eigenvalue weighted by atomic mass is 10.1. The van der Waals surface area contributed by atoms with Gasteiger partial charge in [0.25, 0.3) is 17.5 Å². The Balaban J connectivity index is 1.46. The second-order valence-electron chi connectivity index (χ2n) is 6.28. The molecule has 0 spiro atoms. The van der Waals surface area contributed by atoms with E-state index in [0.717, 1.165) is 28.4 Å². The summed E-state index contributed by atoms with van der Waals surface area (Å²) in [4.78, 5) is 52.3. The molecule has 4 rings (SSSR count). The Morgan fingerprint density at radius 3 is 2.53 bits per heavy atom. The third-order valence-electron chi connectivity index (χ3n) is 4.36. The smallest absolute Gasteiger partial charge is 0.270 e. The largest absolute Gasteiger partial charge is 0.300 e. The summed E-state index contributed by atoms with van der Waals surface area (Å²) in [5.41, 5.74) is 0.761. The van der Waals surface area contributed by atoms with Crippen molar-refractivity contribution in [2.24, 2.45) is 0 Å². The van der Waals surface area contributed by atoms with Crippen LogP contribution in [-0.2, 0) is 4.79 Å². The van der Waals surface area contributed by atoms with Crippen molar-refractivity contribution in [3.8, 4) is 11.3 Å². The first-order chi connectivity index (χ1) is 14.3. The fraction of sp³-hybridized carbons (Fsp3) is 0.0526. The van der Waals surface area contributed by atoms with Crippen LogP contribution >= 0.6 is 11.3 Å². The number of halogens is 1.